The topological polar surface area (TPSA) is 49.3 Å². The van der Waals surface area contributed by atoms with E-state index in [4.69, 9.17) is 0 Å². The SMILES string of the molecule is Cc1cccc(CNC(=O)c2ccc(I)c(O)c2)c1. The largest absolute Gasteiger partial charge is 0.507 e. The number of nitrogens with one attached hydrogen (secondary N) is 1. The predicted octanol–water partition coefficient (Wildman–Crippen LogP) is 3.24. The maximum absolute atomic E-state index is 11.9. The fourth-order valence-corrected chi connectivity index (χ4v) is 2.10. The molecule has 0 spiro atoms. The average Bonchev–Trinajstić information content (AvgIpc) is 2.39. The Bertz CT molecular complexity index is 611. The van der Waals surface area contributed by atoms with E-state index in [1.54, 1.807) is 12.1 Å². The number of aromatic hydroxyl groups is 1. The van der Waals surface area contributed by atoms with E-state index in [1.807, 2.05) is 53.8 Å². The van der Waals surface area contributed by atoms with E-state index >= 15 is 0 Å². The average molecular weight is 367 g/mol. The molecule has 0 bridgehead atoms. The first-order chi connectivity index (χ1) is 9.06. The number of benzene rings is 2. The van der Waals surface area contributed by atoms with Crippen molar-refractivity contribution in [3.05, 3.63) is 62.7 Å². The van der Waals surface area contributed by atoms with Gasteiger partial charge in [-0.2, -0.15) is 0 Å². The Kier molecular flexibility index (Phi) is 4.42. The monoisotopic (exact) mass is 367 g/mol. The van der Waals surface area contributed by atoms with Crippen molar-refractivity contribution in [1.29, 1.82) is 0 Å². The molecular formula is C15H14INO2. The summed E-state index contributed by atoms with van der Waals surface area (Å²) in [4.78, 5) is 11.9. The van der Waals surface area contributed by atoms with Gasteiger partial charge < -0.3 is 10.4 Å². The highest BCUT2D eigenvalue weighted by atomic mass is 127. The van der Waals surface area contributed by atoms with Crippen molar-refractivity contribution in [1.82, 2.24) is 5.32 Å². The molecule has 0 saturated heterocycles. The summed E-state index contributed by atoms with van der Waals surface area (Å²) in [5.41, 5.74) is 2.69. The summed E-state index contributed by atoms with van der Waals surface area (Å²) in [6.45, 7) is 2.50. The number of phenols is 1. The summed E-state index contributed by atoms with van der Waals surface area (Å²) in [7, 11) is 0. The number of amides is 1. The van der Waals surface area contributed by atoms with E-state index in [2.05, 4.69) is 5.32 Å². The van der Waals surface area contributed by atoms with Gasteiger partial charge in [0.05, 0.1) is 3.57 Å². The minimum absolute atomic E-state index is 0.129. The maximum Gasteiger partial charge on any atom is 0.251 e. The van der Waals surface area contributed by atoms with Gasteiger partial charge in [-0.15, -0.1) is 0 Å². The summed E-state index contributed by atoms with van der Waals surface area (Å²) in [6, 6.07) is 12.9. The smallest absolute Gasteiger partial charge is 0.251 e. The molecule has 2 aromatic rings. The van der Waals surface area contributed by atoms with Crippen LogP contribution < -0.4 is 5.32 Å². The molecule has 2 aromatic carbocycles. The summed E-state index contributed by atoms with van der Waals surface area (Å²) in [6.07, 6.45) is 0. The molecule has 4 heteroatoms. The van der Waals surface area contributed by atoms with Crippen LogP contribution in [0.1, 0.15) is 21.5 Å². The van der Waals surface area contributed by atoms with Crippen LogP contribution in [0.15, 0.2) is 42.5 Å². The molecule has 1 amide bonds. The third kappa shape index (κ3) is 3.70. The second kappa shape index (κ2) is 6.06. The Morgan fingerprint density at radius 3 is 2.74 bits per heavy atom. The minimum Gasteiger partial charge on any atom is -0.507 e. The number of hydrogen-bond donors (Lipinski definition) is 2. The van der Waals surface area contributed by atoms with Crippen LogP contribution in [0.2, 0.25) is 0 Å². The van der Waals surface area contributed by atoms with Gasteiger partial charge in [0.2, 0.25) is 0 Å². The number of phenolic OH excluding ortho intramolecular Hbond substituents is 1. The first-order valence-corrected chi connectivity index (χ1v) is 6.96. The lowest BCUT2D eigenvalue weighted by molar-refractivity contribution is 0.0950. The molecule has 0 heterocycles. The number of aryl methyl sites for hydroxylation is 1. The number of carbonyl (C=O) groups excluding carboxylic acids is 1. The summed E-state index contributed by atoms with van der Waals surface area (Å²) >= 11 is 2.02. The van der Waals surface area contributed by atoms with Gasteiger partial charge in [-0.3, -0.25) is 4.79 Å². The molecule has 0 atom stereocenters. The van der Waals surface area contributed by atoms with E-state index in [0.29, 0.717) is 12.1 Å². The molecule has 0 unspecified atom stereocenters. The first-order valence-electron chi connectivity index (χ1n) is 5.88. The van der Waals surface area contributed by atoms with Crippen molar-refractivity contribution >= 4 is 28.5 Å². The van der Waals surface area contributed by atoms with E-state index in [9.17, 15) is 9.90 Å². The molecule has 0 aliphatic carbocycles. The van der Waals surface area contributed by atoms with Gasteiger partial charge in [0.15, 0.2) is 0 Å². The highest BCUT2D eigenvalue weighted by Crippen LogP contribution is 2.20. The lowest BCUT2D eigenvalue weighted by Gasteiger charge is -2.07. The van der Waals surface area contributed by atoms with Crippen LogP contribution >= 0.6 is 22.6 Å². The van der Waals surface area contributed by atoms with Crippen LogP contribution in [0.5, 0.6) is 5.75 Å². The molecule has 3 nitrogen and oxygen atoms in total. The molecule has 2 rings (SSSR count). The van der Waals surface area contributed by atoms with Crippen LogP contribution in [-0.2, 0) is 6.54 Å². The molecule has 0 fully saturated rings. The first kappa shape index (κ1) is 13.9. The lowest BCUT2D eigenvalue weighted by atomic mass is 10.1. The van der Waals surface area contributed by atoms with E-state index in [1.165, 1.54) is 11.6 Å². The van der Waals surface area contributed by atoms with Gasteiger partial charge in [-0.05, 0) is 53.3 Å². The molecule has 2 N–H and O–H groups in total. The highest BCUT2D eigenvalue weighted by molar-refractivity contribution is 14.1. The van der Waals surface area contributed by atoms with Gasteiger partial charge in [0.25, 0.3) is 5.91 Å². The third-order valence-corrected chi connectivity index (χ3v) is 3.66. The summed E-state index contributed by atoms with van der Waals surface area (Å²) in [5.74, 6) is -0.0583. The minimum atomic E-state index is -0.187. The molecule has 98 valence electrons. The fraction of sp³-hybridized carbons (Fsp3) is 0.133. The van der Waals surface area contributed by atoms with E-state index < -0.39 is 0 Å². The zero-order valence-corrected chi connectivity index (χ0v) is 12.6. The van der Waals surface area contributed by atoms with Crippen LogP contribution in [0.3, 0.4) is 0 Å². The van der Waals surface area contributed by atoms with Crippen LogP contribution in [0.25, 0.3) is 0 Å². The van der Waals surface area contributed by atoms with Crippen molar-refractivity contribution in [2.24, 2.45) is 0 Å². The van der Waals surface area contributed by atoms with Crippen molar-refractivity contribution in [2.75, 3.05) is 0 Å². The molecular weight excluding hydrogens is 353 g/mol. The maximum atomic E-state index is 11.9. The molecule has 0 aliphatic rings. The fourth-order valence-electron chi connectivity index (χ4n) is 1.76. The molecule has 19 heavy (non-hydrogen) atoms. The standard InChI is InChI=1S/C15H14INO2/c1-10-3-2-4-11(7-10)9-17-15(19)12-5-6-13(16)14(18)8-12/h2-8,18H,9H2,1H3,(H,17,19). The quantitative estimate of drug-likeness (QED) is 0.819. The predicted molar refractivity (Wildman–Crippen MR) is 83.2 cm³/mol. The van der Waals surface area contributed by atoms with E-state index in [-0.39, 0.29) is 11.7 Å². The number of hydrogen-bond acceptors (Lipinski definition) is 2. The Hall–Kier alpha value is -1.56. The van der Waals surface area contributed by atoms with Gasteiger partial charge in [0.1, 0.15) is 5.75 Å². The van der Waals surface area contributed by atoms with Crippen LogP contribution in [-0.4, -0.2) is 11.0 Å². The zero-order valence-electron chi connectivity index (χ0n) is 10.5. The van der Waals surface area contributed by atoms with Gasteiger partial charge in [-0.1, -0.05) is 29.8 Å². The highest BCUT2D eigenvalue weighted by Gasteiger charge is 2.07. The Labute approximate surface area is 125 Å². The Balaban J connectivity index is 2.03. The van der Waals surface area contributed by atoms with Crippen molar-refractivity contribution in [3.8, 4) is 5.75 Å². The van der Waals surface area contributed by atoms with Crippen LogP contribution in [0.4, 0.5) is 0 Å². The van der Waals surface area contributed by atoms with E-state index in [0.717, 1.165) is 9.13 Å². The van der Waals surface area contributed by atoms with Crippen LogP contribution in [0, 0.1) is 10.5 Å². The Morgan fingerprint density at radius 1 is 1.26 bits per heavy atom. The summed E-state index contributed by atoms with van der Waals surface area (Å²) < 4.78 is 0.729. The number of carbonyl (C=O) groups is 1. The van der Waals surface area contributed by atoms with Crippen molar-refractivity contribution < 1.29 is 9.90 Å². The second-order valence-corrected chi connectivity index (χ2v) is 5.50. The molecule has 0 saturated carbocycles. The van der Waals surface area contributed by atoms with Crippen molar-refractivity contribution in [2.45, 2.75) is 13.5 Å². The third-order valence-electron chi connectivity index (χ3n) is 2.74. The molecule has 0 aromatic heterocycles. The van der Waals surface area contributed by atoms with Gasteiger partial charge in [-0.25, -0.2) is 0 Å². The molecule has 0 aliphatic heterocycles. The lowest BCUT2D eigenvalue weighted by Crippen LogP contribution is -2.22. The Morgan fingerprint density at radius 2 is 2.05 bits per heavy atom. The molecule has 0 radical (unpaired) electrons. The van der Waals surface area contributed by atoms with Gasteiger partial charge >= 0.3 is 0 Å². The van der Waals surface area contributed by atoms with Crippen molar-refractivity contribution in [3.63, 3.8) is 0 Å². The second-order valence-electron chi connectivity index (χ2n) is 4.34. The van der Waals surface area contributed by atoms with Gasteiger partial charge in [0, 0.05) is 12.1 Å². The number of rotatable bonds is 3. The normalized spacial score (nSPS) is 10.2. The summed E-state index contributed by atoms with van der Waals surface area (Å²) in [5, 5.41) is 12.4. The zero-order chi connectivity index (χ0) is 13.8. The number of halogens is 1.